The maximum absolute atomic E-state index is 12.7. The lowest BCUT2D eigenvalue weighted by Crippen LogP contribution is -2.39. The topological polar surface area (TPSA) is 43.1 Å². The van der Waals surface area contributed by atoms with Crippen molar-refractivity contribution in [3.63, 3.8) is 0 Å². The van der Waals surface area contributed by atoms with Crippen molar-refractivity contribution in [3.05, 3.63) is 0 Å². The van der Waals surface area contributed by atoms with E-state index in [9.17, 15) is 4.79 Å². The van der Waals surface area contributed by atoms with Gasteiger partial charge in [-0.25, -0.2) is 0 Å². The molecule has 2 N–H and O–H groups in total. The van der Waals surface area contributed by atoms with Crippen molar-refractivity contribution in [2.24, 2.45) is 23.5 Å². The minimum absolute atomic E-state index is 0.141. The van der Waals surface area contributed by atoms with E-state index in [1.807, 2.05) is 0 Å². The molecule has 2 aliphatic rings. The summed E-state index contributed by atoms with van der Waals surface area (Å²) in [6.07, 6.45) is 11.9. The lowest BCUT2D eigenvalue weighted by Gasteiger charge is -2.31. The molecule has 0 bridgehead atoms. The zero-order chi connectivity index (χ0) is 13.0. The number of carbonyl (C=O) groups excluding carboxylic acids is 1. The highest BCUT2D eigenvalue weighted by molar-refractivity contribution is 5.84. The van der Waals surface area contributed by atoms with Crippen LogP contribution >= 0.6 is 0 Å². The zero-order valence-corrected chi connectivity index (χ0v) is 11.9. The minimum Gasteiger partial charge on any atom is -0.327 e. The van der Waals surface area contributed by atoms with E-state index in [4.69, 9.17) is 5.73 Å². The van der Waals surface area contributed by atoms with Gasteiger partial charge in [-0.05, 0) is 31.6 Å². The van der Waals surface area contributed by atoms with E-state index in [-0.39, 0.29) is 12.0 Å². The molecule has 2 aliphatic carbocycles. The first-order valence-corrected chi connectivity index (χ1v) is 8.01. The van der Waals surface area contributed by atoms with E-state index in [1.54, 1.807) is 0 Å². The zero-order valence-electron chi connectivity index (χ0n) is 11.9. The second kappa shape index (κ2) is 6.70. The van der Waals surface area contributed by atoms with E-state index >= 15 is 0 Å². The van der Waals surface area contributed by atoms with Gasteiger partial charge in [0.1, 0.15) is 5.78 Å². The molecule has 0 aromatic rings. The van der Waals surface area contributed by atoms with Crippen LogP contribution in [0.25, 0.3) is 0 Å². The summed E-state index contributed by atoms with van der Waals surface area (Å²) in [7, 11) is 0. The van der Waals surface area contributed by atoms with Crippen molar-refractivity contribution in [1.29, 1.82) is 0 Å². The number of Topliss-reactive ketones (excluding diaryl/α,β-unsaturated/α-hetero) is 1. The van der Waals surface area contributed by atoms with Crippen molar-refractivity contribution in [2.75, 3.05) is 0 Å². The van der Waals surface area contributed by atoms with Crippen LogP contribution in [0, 0.1) is 17.8 Å². The van der Waals surface area contributed by atoms with E-state index in [0.717, 1.165) is 31.6 Å². The Morgan fingerprint density at radius 2 is 1.83 bits per heavy atom. The summed E-state index contributed by atoms with van der Waals surface area (Å²) >= 11 is 0. The number of rotatable bonds is 3. The molecule has 0 spiro atoms. The minimum atomic E-state index is 0.141. The van der Waals surface area contributed by atoms with Gasteiger partial charge in [0.2, 0.25) is 0 Å². The monoisotopic (exact) mass is 251 g/mol. The van der Waals surface area contributed by atoms with Crippen LogP contribution < -0.4 is 5.73 Å². The van der Waals surface area contributed by atoms with Crippen molar-refractivity contribution in [2.45, 2.75) is 77.2 Å². The second-order valence-corrected chi connectivity index (χ2v) is 6.45. The Morgan fingerprint density at radius 3 is 2.61 bits per heavy atom. The lowest BCUT2D eigenvalue weighted by atomic mass is 9.74. The van der Waals surface area contributed by atoms with Crippen molar-refractivity contribution in [3.8, 4) is 0 Å². The molecule has 4 atom stereocenters. The Balaban J connectivity index is 1.96. The standard InChI is InChI=1S/C16H29NO/c1-2-12-7-6-8-13(11-12)16(18)14-9-4-3-5-10-15(14)17/h12-15H,2-11,17H2,1H3. The van der Waals surface area contributed by atoms with Gasteiger partial charge in [0.15, 0.2) is 0 Å². The van der Waals surface area contributed by atoms with Crippen LogP contribution in [0.15, 0.2) is 0 Å². The molecule has 0 aromatic heterocycles. The summed E-state index contributed by atoms with van der Waals surface area (Å²) in [5, 5.41) is 0. The van der Waals surface area contributed by atoms with Crippen LogP contribution in [0.4, 0.5) is 0 Å². The average molecular weight is 251 g/mol. The predicted octanol–water partition coefficient (Wildman–Crippen LogP) is 3.68. The van der Waals surface area contributed by atoms with Gasteiger partial charge in [0, 0.05) is 17.9 Å². The molecule has 0 amide bonds. The second-order valence-electron chi connectivity index (χ2n) is 6.45. The van der Waals surface area contributed by atoms with E-state index in [2.05, 4.69) is 6.92 Å². The smallest absolute Gasteiger partial charge is 0.140 e. The molecule has 18 heavy (non-hydrogen) atoms. The van der Waals surface area contributed by atoms with Gasteiger partial charge in [-0.15, -0.1) is 0 Å². The van der Waals surface area contributed by atoms with Crippen LogP contribution in [0.5, 0.6) is 0 Å². The van der Waals surface area contributed by atoms with Crippen LogP contribution in [-0.2, 0) is 4.79 Å². The first-order chi connectivity index (χ1) is 8.72. The fourth-order valence-electron chi connectivity index (χ4n) is 3.91. The van der Waals surface area contributed by atoms with Gasteiger partial charge >= 0.3 is 0 Å². The molecule has 0 aliphatic heterocycles. The van der Waals surface area contributed by atoms with E-state index in [0.29, 0.717) is 11.7 Å². The lowest BCUT2D eigenvalue weighted by molar-refractivity contribution is -0.129. The highest BCUT2D eigenvalue weighted by atomic mass is 16.1. The van der Waals surface area contributed by atoms with E-state index in [1.165, 1.54) is 38.5 Å². The SMILES string of the molecule is CCC1CCCC(C(=O)C2CCCCCC2N)C1. The average Bonchev–Trinajstić information content (AvgIpc) is 2.62. The number of hydrogen-bond acceptors (Lipinski definition) is 2. The quantitative estimate of drug-likeness (QED) is 0.778. The van der Waals surface area contributed by atoms with E-state index < -0.39 is 0 Å². The van der Waals surface area contributed by atoms with Gasteiger partial charge < -0.3 is 5.73 Å². The fourth-order valence-corrected chi connectivity index (χ4v) is 3.91. The summed E-state index contributed by atoms with van der Waals surface area (Å²) in [6, 6.07) is 0.141. The third-order valence-electron chi connectivity index (χ3n) is 5.20. The first kappa shape index (κ1) is 14.0. The Kier molecular flexibility index (Phi) is 5.23. The molecule has 2 nitrogen and oxygen atoms in total. The summed E-state index contributed by atoms with van der Waals surface area (Å²) in [5.41, 5.74) is 6.23. The Labute approximate surface area is 112 Å². The summed E-state index contributed by atoms with van der Waals surface area (Å²) in [5.74, 6) is 1.81. The third-order valence-corrected chi connectivity index (χ3v) is 5.20. The largest absolute Gasteiger partial charge is 0.327 e. The highest BCUT2D eigenvalue weighted by Gasteiger charge is 2.34. The number of carbonyl (C=O) groups is 1. The van der Waals surface area contributed by atoms with Crippen LogP contribution in [0.3, 0.4) is 0 Å². The van der Waals surface area contributed by atoms with Crippen LogP contribution in [-0.4, -0.2) is 11.8 Å². The summed E-state index contributed by atoms with van der Waals surface area (Å²) in [4.78, 5) is 12.7. The Hall–Kier alpha value is -0.370. The summed E-state index contributed by atoms with van der Waals surface area (Å²) in [6.45, 7) is 2.26. The molecule has 0 saturated heterocycles. The van der Waals surface area contributed by atoms with Gasteiger partial charge in [-0.3, -0.25) is 4.79 Å². The molecular formula is C16H29NO. The molecule has 2 rings (SSSR count). The fraction of sp³-hybridized carbons (Fsp3) is 0.938. The molecule has 0 radical (unpaired) electrons. The molecule has 104 valence electrons. The predicted molar refractivity (Wildman–Crippen MR) is 75.3 cm³/mol. The molecule has 0 heterocycles. The molecule has 2 saturated carbocycles. The normalized spacial score (nSPS) is 38.1. The molecule has 2 heteroatoms. The third kappa shape index (κ3) is 3.34. The molecule has 2 fully saturated rings. The maximum atomic E-state index is 12.7. The Bertz CT molecular complexity index is 276. The summed E-state index contributed by atoms with van der Waals surface area (Å²) < 4.78 is 0. The maximum Gasteiger partial charge on any atom is 0.140 e. The van der Waals surface area contributed by atoms with Gasteiger partial charge in [0.05, 0.1) is 0 Å². The van der Waals surface area contributed by atoms with Crippen molar-refractivity contribution in [1.82, 2.24) is 0 Å². The van der Waals surface area contributed by atoms with Crippen molar-refractivity contribution >= 4 is 5.78 Å². The first-order valence-electron chi connectivity index (χ1n) is 8.01. The number of nitrogens with two attached hydrogens (primary N) is 1. The Morgan fingerprint density at radius 1 is 1.06 bits per heavy atom. The van der Waals surface area contributed by atoms with Gasteiger partial charge in [0.25, 0.3) is 0 Å². The van der Waals surface area contributed by atoms with Gasteiger partial charge in [-0.2, -0.15) is 0 Å². The van der Waals surface area contributed by atoms with Crippen LogP contribution in [0.2, 0.25) is 0 Å². The molecular weight excluding hydrogens is 222 g/mol. The van der Waals surface area contributed by atoms with Gasteiger partial charge in [-0.1, -0.05) is 45.4 Å². The van der Waals surface area contributed by atoms with Crippen LogP contribution in [0.1, 0.15) is 71.1 Å². The number of hydrogen-bond donors (Lipinski definition) is 1. The molecule has 4 unspecified atom stereocenters. The highest BCUT2D eigenvalue weighted by Crippen LogP contribution is 2.35. The molecule has 0 aromatic carbocycles. The van der Waals surface area contributed by atoms with Crippen molar-refractivity contribution < 1.29 is 4.79 Å². The number of ketones is 1.